The third-order valence-corrected chi connectivity index (χ3v) is 5.34. The van der Waals surface area contributed by atoms with Crippen molar-refractivity contribution in [1.82, 2.24) is 0 Å². The van der Waals surface area contributed by atoms with E-state index in [4.69, 9.17) is 4.74 Å². The summed E-state index contributed by atoms with van der Waals surface area (Å²) >= 11 is 0. The van der Waals surface area contributed by atoms with Crippen LogP contribution in [0.4, 0.5) is 8.78 Å². The van der Waals surface area contributed by atoms with E-state index in [1.165, 1.54) is 13.2 Å². The van der Waals surface area contributed by atoms with Gasteiger partial charge in [0.15, 0.2) is 5.76 Å². The normalized spacial score (nSPS) is 30.3. The lowest BCUT2D eigenvalue weighted by Gasteiger charge is -2.21. The molecule has 2 fully saturated rings. The number of fused-ring (bicyclic) bond motifs is 1. The molecule has 0 unspecified atom stereocenters. The molecular weight excluding hydrogens is 370 g/mol. The van der Waals surface area contributed by atoms with Crippen molar-refractivity contribution in [2.75, 3.05) is 7.11 Å². The zero-order valence-corrected chi connectivity index (χ0v) is 16.5. The zero-order chi connectivity index (χ0) is 20.7. The third-order valence-electron chi connectivity index (χ3n) is 5.34. The van der Waals surface area contributed by atoms with E-state index >= 15 is 0 Å². The van der Waals surface area contributed by atoms with Crippen molar-refractivity contribution in [2.24, 2.45) is 11.8 Å². The largest absolute Gasteiger partial charge is 0.488 e. The Morgan fingerprint density at radius 1 is 1.43 bits per heavy atom. The highest BCUT2D eigenvalue weighted by Crippen LogP contribution is 2.53. The fraction of sp³-hybridized carbons (Fsp3) is 0.762. The number of carbonyl (C=O) groups is 1. The first kappa shape index (κ1) is 22.6. The number of hydrogen-bond acceptors (Lipinski definition) is 5. The van der Waals surface area contributed by atoms with Gasteiger partial charge in [-0.05, 0) is 31.8 Å². The maximum absolute atomic E-state index is 14.9. The number of unbranched alkanes of at least 4 members (excludes halogenated alkanes) is 3. The third kappa shape index (κ3) is 5.45. The van der Waals surface area contributed by atoms with Crippen LogP contribution in [0.2, 0.25) is 0 Å². The topological polar surface area (TPSA) is 76.0 Å². The number of rotatable bonds is 8. The molecule has 0 aromatic heterocycles. The molecule has 28 heavy (non-hydrogen) atoms. The predicted molar refractivity (Wildman–Crippen MR) is 99.3 cm³/mol. The Labute approximate surface area is 165 Å². The highest BCUT2D eigenvalue weighted by molar-refractivity contribution is 5.69. The average Bonchev–Trinajstić information content (AvgIpc) is 3.09. The summed E-state index contributed by atoms with van der Waals surface area (Å²) < 4.78 is 39.7. The van der Waals surface area contributed by atoms with Crippen LogP contribution in [0.15, 0.2) is 11.8 Å². The van der Waals surface area contributed by atoms with Crippen LogP contribution in [0.25, 0.3) is 0 Å². The molecule has 2 rings (SSSR count). The van der Waals surface area contributed by atoms with Crippen LogP contribution in [0.1, 0.15) is 58.3 Å². The molecule has 0 bridgehead atoms. The van der Waals surface area contributed by atoms with Gasteiger partial charge in [-0.1, -0.05) is 31.6 Å². The lowest BCUT2D eigenvalue weighted by molar-refractivity contribution is -0.140. The first-order chi connectivity index (χ1) is 13.3. The monoisotopic (exact) mass is 400 g/mol. The van der Waals surface area contributed by atoms with E-state index in [-0.39, 0.29) is 25.2 Å². The number of carbonyl (C=O) groups excluding carboxylic acids is 1. The summed E-state index contributed by atoms with van der Waals surface area (Å²) in [5.74, 6) is -0.869. The van der Waals surface area contributed by atoms with Crippen molar-refractivity contribution in [3.63, 3.8) is 0 Å². The van der Waals surface area contributed by atoms with Gasteiger partial charge in [0.05, 0.1) is 25.0 Å². The maximum Gasteiger partial charge on any atom is 0.311 e. The van der Waals surface area contributed by atoms with Gasteiger partial charge in [0.25, 0.3) is 0 Å². The molecule has 0 spiro atoms. The molecule has 0 aromatic carbocycles. The first-order valence-corrected chi connectivity index (χ1v) is 10.00. The Bertz CT molecular complexity index is 622. The molecular formula is C21H30F2O5. The van der Waals surface area contributed by atoms with E-state index in [0.29, 0.717) is 12.8 Å². The number of allylic oxidation sites excluding steroid dienone is 2. The van der Waals surface area contributed by atoms with Gasteiger partial charge >= 0.3 is 11.9 Å². The van der Waals surface area contributed by atoms with Crippen molar-refractivity contribution < 1.29 is 33.3 Å². The number of alkyl halides is 2. The Morgan fingerprint density at radius 3 is 2.86 bits per heavy atom. The van der Waals surface area contributed by atoms with Gasteiger partial charge in [-0.15, -0.1) is 0 Å². The Morgan fingerprint density at radius 2 is 2.18 bits per heavy atom. The van der Waals surface area contributed by atoms with Crippen LogP contribution in [0, 0.1) is 23.7 Å². The van der Waals surface area contributed by atoms with E-state index in [0.717, 1.165) is 19.3 Å². The minimum atomic E-state index is -3.24. The minimum absolute atomic E-state index is 0.0883. The number of esters is 1. The van der Waals surface area contributed by atoms with Gasteiger partial charge < -0.3 is 19.7 Å². The number of halogens is 2. The molecule has 158 valence electrons. The second-order valence-electron chi connectivity index (χ2n) is 7.47. The first-order valence-electron chi connectivity index (χ1n) is 10.00. The summed E-state index contributed by atoms with van der Waals surface area (Å²) in [4.78, 5) is 11.1. The van der Waals surface area contributed by atoms with E-state index in [1.54, 1.807) is 0 Å². The highest BCUT2D eigenvalue weighted by atomic mass is 19.3. The molecule has 0 amide bonds. The Kier molecular flexibility index (Phi) is 8.26. The molecule has 1 saturated heterocycles. The molecule has 1 aliphatic carbocycles. The summed E-state index contributed by atoms with van der Waals surface area (Å²) in [6.07, 6.45) is 2.86. The standard InChI is InChI=1S/C21H30F2O5/c1-3-4-5-8-14(24)11-12-15-16(25)13-17-20(15)21(22,23)18(28-17)9-6-7-10-19(26)27-2/h9,14-17,20,24-25H,3-8,10,13H2,1-2H3/t14-,15+,16+,17-,20+/m0/s1. The molecule has 1 aliphatic heterocycles. The van der Waals surface area contributed by atoms with Gasteiger partial charge in [0, 0.05) is 12.8 Å². The van der Waals surface area contributed by atoms with Crippen molar-refractivity contribution in [2.45, 2.75) is 82.5 Å². The molecule has 0 radical (unpaired) electrons. The average molecular weight is 400 g/mol. The van der Waals surface area contributed by atoms with Crippen LogP contribution < -0.4 is 0 Å². The van der Waals surface area contributed by atoms with E-state index < -0.39 is 41.8 Å². The fourth-order valence-corrected chi connectivity index (χ4v) is 3.79. The zero-order valence-electron chi connectivity index (χ0n) is 16.5. The number of aliphatic hydroxyl groups excluding tert-OH is 2. The molecule has 5 nitrogen and oxygen atoms in total. The van der Waals surface area contributed by atoms with Gasteiger partial charge in [-0.3, -0.25) is 4.79 Å². The van der Waals surface area contributed by atoms with E-state index in [1.807, 2.05) is 0 Å². The summed E-state index contributed by atoms with van der Waals surface area (Å²) in [7, 11) is 1.28. The van der Waals surface area contributed by atoms with Crippen molar-refractivity contribution >= 4 is 5.97 Å². The molecule has 1 saturated carbocycles. The van der Waals surface area contributed by atoms with Gasteiger partial charge in [0.2, 0.25) is 0 Å². The summed E-state index contributed by atoms with van der Waals surface area (Å²) in [6, 6.07) is 0. The quantitative estimate of drug-likeness (QED) is 0.372. The SMILES string of the molecule is CCCCC[C@H](O)C#C[C@H]1[C@@H]2[C@H](C[C@H]1O)OC(=CCCCC(=O)OC)C2(F)F. The maximum atomic E-state index is 14.9. The summed E-state index contributed by atoms with van der Waals surface area (Å²) in [5.41, 5.74) is 0. The van der Waals surface area contributed by atoms with Crippen LogP contribution in [-0.4, -0.2) is 47.5 Å². The highest BCUT2D eigenvalue weighted by Gasteiger charge is 2.63. The van der Waals surface area contributed by atoms with E-state index in [2.05, 4.69) is 23.5 Å². The van der Waals surface area contributed by atoms with Crippen LogP contribution in [0.3, 0.4) is 0 Å². The second kappa shape index (κ2) is 10.2. The van der Waals surface area contributed by atoms with Gasteiger partial charge in [0.1, 0.15) is 12.2 Å². The van der Waals surface area contributed by atoms with E-state index in [9.17, 15) is 23.8 Å². The van der Waals surface area contributed by atoms with Crippen molar-refractivity contribution in [3.05, 3.63) is 11.8 Å². The molecule has 5 atom stereocenters. The van der Waals surface area contributed by atoms with Crippen molar-refractivity contribution in [1.29, 1.82) is 0 Å². The number of aliphatic hydroxyl groups is 2. The summed E-state index contributed by atoms with van der Waals surface area (Å²) in [6.45, 7) is 2.05. The lowest BCUT2D eigenvalue weighted by Crippen LogP contribution is -2.33. The Balaban J connectivity index is 2.01. The predicted octanol–water partition coefficient (Wildman–Crippen LogP) is 3.19. The summed E-state index contributed by atoms with van der Waals surface area (Å²) in [5, 5.41) is 20.1. The second-order valence-corrected chi connectivity index (χ2v) is 7.47. The lowest BCUT2D eigenvalue weighted by atomic mass is 9.88. The van der Waals surface area contributed by atoms with Gasteiger partial charge in [-0.25, -0.2) is 0 Å². The van der Waals surface area contributed by atoms with Crippen LogP contribution in [-0.2, 0) is 14.3 Å². The molecule has 0 aromatic rings. The number of hydrogen-bond donors (Lipinski definition) is 2. The van der Waals surface area contributed by atoms with Crippen molar-refractivity contribution in [3.8, 4) is 11.8 Å². The van der Waals surface area contributed by atoms with Crippen LogP contribution in [0.5, 0.6) is 0 Å². The smallest absolute Gasteiger partial charge is 0.311 e. The number of ether oxygens (including phenoxy) is 2. The molecule has 2 aliphatic rings. The fourth-order valence-electron chi connectivity index (χ4n) is 3.79. The van der Waals surface area contributed by atoms with Crippen LogP contribution >= 0.6 is 0 Å². The van der Waals surface area contributed by atoms with Gasteiger partial charge in [-0.2, -0.15) is 8.78 Å². The molecule has 7 heteroatoms. The molecule has 1 heterocycles. The Hall–Kier alpha value is -1.65. The minimum Gasteiger partial charge on any atom is -0.488 e. The number of methoxy groups -OCH3 is 1. The molecule has 2 N–H and O–H groups in total.